The van der Waals surface area contributed by atoms with Gasteiger partial charge in [-0.2, -0.15) is 0 Å². The number of aliphatic carboxylic acids is 1. The Kier molecular flexibility index (Phi) is 3.25. The van der Waals surface area contributed by atoms with Crippen LogP contribution in [0, 0.1) is 0 Å². The van der Waals surface area contributed by atoms with Crippen LogP contribution in [0.3, 0.4) is 0 Å². The summed E-state index contributed by atoms with van der Waals surface area (Å²) in [5.74, 6) is -0.465. The molecule has 2 amide bonds. The molecule has 14 heavy (non-hydrogen) atoms. The SMILES string of the molecule is CC1SCC(C(=O)O)N1C(=O)N(C)C. The molecule has 0 bridgehead atoms. The van der Waals surface area contributed by atoms with Gasteiger partial charge in [-0.15, -0.1) is 11.8 Å². The maximum atomic E-state index is 11.6. The molecular formula is C8H14N2O3S. The molecule has 1 N–H and O–H groups in total. The molecule has 0 aromatic carbocycles. The van der Waals surface area contributed by atoms with Crippen LogP contribution in [0.25, 0.3) is 0 Å². The number of hydrogen-bond acceptors (Lipinski definition) is 3. The number of carboxylic acid groups (broad SMARTS) is 1. The van der Waals surface area contributed by atoms with Gasteiger partial charge in [0.15, 0.2) is 0 Å². The summed E-state index contributed by atoms with van der Waals surface area (Å²) < 4.78 is 0. The van der Waals surface area contributed by atoms with E-state index in [1.54, 1.807) is 14.1 Å². The first kappa shape index (κ1) is 11.2. The lowest BCUT2D eigenvalue weighted by Gasteiger charge is -2.27. The van der Waals surface area contributed by atoms with Gasteiger partial charge >= 0.3 is 12.0 Å². The second-order valence-corrected chi connectivity index (χ2v) is 4.72. The van der Waals surface area contributed by atoms with Crippen LogP contribution in [0.4, 0.5) is 4.79 Å². The monoisotopic (exact) mass is 218 g/mol. The summed E-state index contributed by atoms with van der Waals surface area (Å²) in [7, 11) is 3.24. The van der Waals surface area contributed by atoms with E-state index in [2.05, 4.69) is 0 Å². The molecule has 0 radical (unpaired) electrons. The summed E-state index contributed by atoms with van der Waals surface area (Å²) in [6.45, 7) is 1.84. The predicted molar refractivity (Wildman–Crippen MR) is 54.3 cm³/mol. The third kappa shape index (κ3) is 1.95. The highest BCUT2D eigenvalue weighted by atomic mass is 32.2. The number of nitrogens with zero attached hydrogens (tertiary/aromatic N) is 2. The van der Waals surface area contributed by atoms with Gasteiger partial charge in [-0.1, -0.05) is 0 Å². The Bertz CT molecular complexity index is 257. The summed E-state index contributed by atoms with van der Waals surface area (Å²) in [6.07, 6.45) is 0. The summed E-state index contributed by atoms with van der Waals surface area (Å²) in [5.41, 5.74) is 0. The van der Waals surface area contributed by atoms with Gasteiger partial charge in [0.05, 0.1) is 5.37 Å². The van der Waals surface area contributed by atoms with Crippen LogP contribution in [0.2, 0.25) is 0 Å². The number of rotatable bonds is 1. The van der Waals surface area contributed by atoms with Crippen LogP contribution >= 0.6 is 11.8 Å². The Labute approximate surface area is 87.0 Å². The molecule has 2 atom stereocenters. The van der Waals surface area contributed by atoms with Crippen molar-refractivity contribution in [2.24, 2.45) is 0 Å². The van der Waals surface area contributed by atoms with Crippen molar-refractivity contribution in [2.45, 2.75) is 18.3 Å². The molecule has 1 aliphatic heterocycles. The Morgan fingerprint density at radius 3 is 2.50 bits per heavy atom. The van der Waals surface area contributed by atoms with Crippen LogP contribution in [0.15, 0.2) is 0 Å². The highest BCUT2D eigenvalue weighted by Crippen LogP contribution is 2.29. The van der Waals surface area contributed by atoms with Crippen molar-refractivity contribution in [3.05, 3.63) is 0 Å². The molecular weight excluding hydrogens is 204 g/mol. The Balaban J connectivity index is 2.81. The van der Waals surface area contributed by atoms with E-state index in [0.29, 0.717) is 5.75 Å². The third-order valence-electron chi connectivity index (χ3n) is 2.11. The van der Waals surface area contributed by atoms with Gasteiger partial charge in [0.2, 0.25) is 0 Å². The van der Waals surface area contributed by atoms with Crippen LogP contribution < -0.4 is 0 Å². The summed E-state index contributed by atoms with van der Waals surface area (Å²) in [5, 5.41) is 8.84. The van der Waals surface area contributed by atoms with E-state index in [0.717, 1.165) is 0 Å². The van der Waals surface area contributed by atoms with Crippen molar-refractivity contribution in [2.75, 3.05) is 19.8 Å². The van der Waals surface area contributed by atoms with Gasteiger partial charge in [0, 0.05) is 19.8 Å². The highest BCUT2D eigenvalue weighted by Gasteiger charge is 2.39. The zero-order valence-electron chi connectivity index (χ0n) is 8.43. The molecule has 5 nitrogen and oxygen atoms in total. The smallest absolute Gasteiger partial charge is 0.327 e. The molecule has 0 aromatic rings. The molecule has 1 heterocycles. The first-order valence-electron chi connectivity index (χ1n) is 4.29. The van der Waals surface area contributed by atoms with Gasteiger partial charge in [0.25, 0.3) is 0 Å². The lowest BCUT2D eigenvalue weighted by atomic mass is 10.3. The number of urea groups is 1. The largest absolute Gasteiger partial charge is 0.480 e. The highest BCUT2D eigenvalue weighted by molar-refractivity contribution is 8.00. The van der Waals surface area contributed by atoms with E-state index in [-0.39, 0.29) is 11.4 Å². The van der Waals surface area contributed by atoms with Crippen LogP contribution in [-0.4, -0.2) is 58.2 Å². The minimum Gasteiger partial charge on any atom is -0.480 e. The molecule has 6 heteroatoms. The van der Waals surface area contributed by atoms with Crippen molar-refractivity contribution < 1.29 is 14.7 Å². The maximum absolute atomic E-state index is 11.6. The average Bonchev–Trinajstić information content (AvgIpc) is 2.45. The number of amides is 2. The zero-order chi connectivity index (χ0) is 10.9. The minimum atomic E-state index is -0.933. The zero-order valence-corrected chi connectivity index (χ0v) is 9.24. The molecule has 1 saturated heterocycles. The third-order valence-corrected chi connectivity index (χ3v) is 3.33. The van der Waals surface area contributed by atoms with Crippen molar-refractivity contribution in [3.8, 4) is 0 Å². The van der Waals surface area contributed by atoms with Crippen molar-refractivity contribution >= 4 is 23.8 Å². The summed E-state index contributed by atoms with van der Waals surface area (Å²) in [6, 6.07) is -0.931. The fourth-order valence-electron chi connectivity index (χ4n) is 1.35. The van der Waals surface area contributed by atoms with E-state index in [4.69, 9.17) is 5.11 Å². The van der Waals surface area contributed by atoms with Gasteiger partial charge in [-0.05, 0) is 6.92 Å². The Morgan fingerprint density at radius 1 is 1.50 bits per heavy atom. The van der Waals surface area contributed by atoms with Crippen LogP contribution in [-0.2, 0) is 4.79 Å². The Morgan fingerprint density at radius 2 is 2.07 bits per heavy atom. The van der Waals surface area contributed by atoms with E-state index in [9.17, 15) is 9.59 Å². The van der Waals surface area contributed by atoms with Gasteiger partial charge < -0.3 is 10.0 Å². The first-order valence-corrected chi connectivity index (χ1v) is 5.34. The number of thioether (sulfide) groups is 1. The number of hydrogen-bond donors (Lipinski definition) is 1. The second-order valence-electron chi connectivity index (χ2n) is 3.37. The van der Waals surface area contributed by atoms with Crippen molar-refractivity contribution in [3.63, 3.8) is 0 Å². The molecule has 80 valence electrons. The number of carboxylic acids is 1. The van der Waals surface area contributed by atoms with E-state index in [1.807, 2.05) is 6.92 Å². The molecule has 0 saturated carbocycles. The lowest BCUT2D eigenvalue weighted by Crippen LogP contribution is -2.48. The molecule has 1 aliphatic rings. The van der Waals surface area contributed by atoms with Gasteiger partial charge in [-0.25, -0.2) is 9.59 Å². The lowest BCUT2D eigenvalue weighted by molar-refractivity contribution is -0.141. The molecule has 0 aromatic heterocycles. The van der Waals surface area contributed by atoms with Gasteiger partial charge in [0.1, 0.15) is 6.04 Å². The molecule has 0 aliphatic carbocycles. The number of carbonyl (C=O) groups is 2. The second kappa shape index (κ2) is 4.08. The van der Waals surface area contributed by atoms with Crippen LogP contribution in [0.1, 0.15) is 6.92 Å². The fraction of sp³-hybridized carbons (Fsp3) is 0.750. The standard InChI is InChI=1S/C8H14N2O3S/c1-5-10(8(13)9(2)3)6(4-14-5)7(11)12/h5-6H,4H2,1-3H3,(H,11,12). The summed E-state index contributed by atoms with van der Waals surface area (Å²) in [4.78, 5) is 25.3. The summed E-state index contributed by atoms with van der Waals surface area (Å²) >= 11 is 1.49. The normalized spacial score (nSPS) is 26.4. The molecule has 0 spiro atoms. The van der Waals surface area contributed by atoms with E-state index < -0.39 is 12.0 Å². The van der Waals surface area contributed by atoms with Gasteiger partial charge in [-0.3, -0.25) is 4.90 Å². The maximum Gasteiger partial charge on any atom is 0.327 e. The first-order chi connectivity index (χ1) is 6.45. The quantitative estimate of drug-likeness (QED) is 0.697. The fourth-order valence-corrected chi connectivity index (χ4v) is 2.52. The predicted octanol–water partition coefficient (Wildman–Crippen LogP) is 0.516. The number of carbonyl (C=O) groups excluding carboxylic acids is 1. The average molecular weight is 218 g/mol. The Hall–Kier alpha value is -0.910. The molecule has 2 unspecified atom stereocenters. The topological polar surface area (TPSA) is 60.9 Å². The van der Waals surface area contributed by atoms with Crippen molar-refractivity contribution in [1.82, 2.24) is 9.80 Å². The molecule has 1 fully saturated rings. The molecule has 1 rings (SSSR count). The van der Waals surface area contributed by atoms with E-state index >= 15 is 0 Å². The minimum absolute atomic E-state index is 0.0639. The van der Waals surface area contributed by atoms with Crippen LogP contribution in [0.5, 0.6) is 0 Å². The van der Waals surface area contributed by atoms with E-state index in [1.165, 1.54) is 21.6 Å². The van der Waals surface area contributed by atoms with Crippen molar-refractivity contribution in [1.29, 1.82) is 0 Å².